The molecule has 0 saturated carbocycles. The summed E-state index contributed by atoms with van der Waals surface area (Å²) in [6.45, 7) is 4.09. The van der Waals surface area contributed by atoms with Crippen molar-refractivity contribution in [2.45, 2.75) is 30.7 Å². The quantitative estimate of drug-likeness (QED) is 0.723. The predicted octanol–water partition coefficient (Wildman–Crippen LogP) is -0.728. The molecule has 0 bridgehead atoms. The summed E-state index contributed by atoms with van der Waals surface area (Å²) in [4.78, 5) is 28.0. The van der Waals surface area contributed by atoms with E-state index < -0.39 is 10.0 Å². The standard InChI is InChI=1S/C15H22N4O5S/c1-10-13(25(16,22)23)7-12(24-10)15(21)18-5-2-3-11(9-18)19-6-4-17-8-14(19)20/h7,11,17H,2-6,8-9H2,1H3,(H2,16,22,23). The maximum absolute atomic E-state index is 12.7. The highest BCUT2D eigenvalue weighted by atomic mass is 32.2. The molecule has 0 aliphatic carbocycles. The van der Waals surface area contributed by atoms with Crippen molar-refractivity contribution in [2.24, 2.45) is 5.14 Å². The van der Waals surface area contributed by atoms with E-state index in [1.54, 1.807) is 4.90 Å². The number of piperazine rings is 1. The summed E-state index contributed by atoms with van der Waals surface area (Å²) in [5.41, 5.74) is 0. The van der Waals surface area contributed by atoms with Gasteiger partial charge in [0.2, 0.25) is 15.9 Å². The largest absolute Gasteiger partial charge is 0.455 e. The highest BCUT2D eigenvalue weighted by Crippen LogP contribution is 2.23. The minimum Gasteiger partial charge on any atom is -0.455 e. The molecule has 0 aromatic carbocycles. The lowest BCUT2D eigenvalue weighted by atomic mass is 10.0. The Kier molecular flexibility index (Phi) is 4.85. The number of sulfonamides is 1. The second-order valence-corrected chi connectivity index (χ2v) is 7.92. The number of amides is 2. The highest BCUT2D eigenvalue weighted by molar-refractivity contribution is 7.89. The van der Waals surface area contributed by atoms with Crippen molar-refractivity contribution < 1.29 is 22.4 Å². The Labute approximate surface area is 146 Å². The van der Waals surface area contributed by atoms with Crippen molar-refractivity contribution in [3.05, 3.63) is 17.6 Å². The highest BCUT2D eigenvalue weighted by Gasteiger charge is 2.33. The average molecular weight is 370 g/mol. The zero-order valence-corrected chi connectivity index (χ0v) is 14.8. The molecule has 2 aliphatic heterocycles. The molecule has 3 heterocycles. The predicted molar refractivity (Wildman–Crippen MR) is 88.3 cm³/mol. The van der Waals surface area contributed by atoms with Crippen LogP contribution in [0.5, 0.6) is 0 Å². The van der Waals surface area contributed by atoms with Crippen LogP contribution < -0.4 is 10.5 Å². The van der Waals surface area contributed by atoms with Crippen LogP contribution in [0.4, 0.5) is 0 Å². The normalized spacial score (nSPS) is 22.3. The third kappa shape index (κ3) is 3.70. The third-order valence-electron chi connectivity index (χ3n) is 4.64. The third-order valence-corrected chi connectivity index (χ3v) is 5.66. The molecular formula is C15H22N4O5S. The van der Waals surface area contributed by atoms with Crippen LogP contribution in [0.15, 0.2) is 15.4 Å². The number of primary sulfonamides is 1. The lowest BCUT2D eigenvalue weighted by Gasteiger charge is -2.40. The van der Waals surface area contributed by atoms with Crippen LogP contribution in [0.2, 0.25) is 0 Å². The van der Waals surface area contributed by atoms with Gasteiger partial charge in [0, 0.05) is 38.3 Å². The maximum atomic E-state index is 12.7. The fourth-order valence-electron chi connectivity index (χ4n) is 3.41. The first kappa shape index (κ1) is 17.9. The lowest BCUT2D eigenvalue weighted by molar-refractivity contribution is -0.135. The van der Waals surface area contributed by atoms with Crippen molar-refractivity contribution in [2.75, 3.05) is 32.7 Å². The number of nitrogens with two attached hydrogens (primary N) is 1. The lowest BCUT2D eigenvalue weighted by Crippen LogP contribution is -2.57. The molecule has 0 spiro atoms. The van der Waals surface area contributed by atoms with Gasteiger partial charge in [-0.3, -0.25) is 9.59 Å². The Bertz CT molecular complexity index is 788. The van der Waals surface area contributed by atoms with Crippen LogP contribution >= 0.6 is 0 Å². The Morgan fingerprint density at radius 3 is 2.80 bits per heavy atom. The summed E-state index contributed by atoms with van der Waals surface area (Å²) < 4.78 is 28.3. The van der Waals surface area contributed by atoms with Gasteiger partial charge in [-0.1, -0.05) is 0 Å². The molecule has 1 aromatic rings. The molecule has 1 aromatic heterocycles. The first-order valence-corrected chi connectivity index (χ1v) is 9.74. The smallest absolute Gasteiger partial charge is 0.289 e. The van der Waals surface area contributed by atoms with Crippen LogP contribution in [-0.2, 0) is 14.8 Å². The number of nitrogens with zero attached hydrogens (tertiary/aromatic N) is 2. The van der Waals surface area contributed by atoms with Gasteiger partial charge in [-0.05, 0) is 19.8 Å². The summed E-state index contributed by atoms with van der Waals surface area (Å²) in [5.74, 6) is -0.299. The van der Waals surface area contributed by atoms with Gasteiger partial charge in [-0.25, -0.2) is 13.6 Å². The summed E-state index contributed by atoms with van der Waals surface area (Å²) >= 11 is 0. The molecule has 2 amide bonds. The molecule has 1 unspecified atom stereocenters. The van der Waals surface area contributed by atoms with Crippen LogP contribution in [0.3, 0.4) is 0 Å². The number of carbonyl (C=O) groups excluding carboxylic acids is 2. The Balaban J connectivity index is 1.75. The Morgan fingerprint density at radius 2 is 2.16 bits per heavy atom. The molecule has 10 heteroatoms. The number of hydrogen-bond acceptors (Lipinski definition) is 6. The van der Waals surface area contributed by atoms with Crippen molar-refractivity contribution in [1.82, 2.24) is 15.1 Å². The molecule has 2 aliphatic rings. The molecular weight excluding hydrogens is 348 g/mol. The van der Waals surface area contributed by atoms with Crippen LogP contribution in [0.25, 0.3) is 0 Å². The molecule has 3 N–H and O–H groups in total. The molecule has 3 rings (SSSR count). The first-order chi connectivity index (χ1) is 11.8. The Morgan fingerprint density at radius 1 is 1.40 bits per heavy atom. The van der Waals surface area contributed by atoms with Gasteiger partial charge in [-0.2, -0.15) is 0 Å². The van der Waals surface area contributed by atoms with Crippen molar-refractivity contribution in [1.29, 1.82) is 0 Å². The number of likely N-dealkylation sites (tertiary alicyclic amines) is 1. The molecule has 25 heavy (non-hydrogen) atoms. The van der Waals surface area contributed by atoms with E-state index in [0.717, 1.165) is 19.4 Å². The number of aryl methyl sites for hydroxylation is 1. The van der Waals surface area contributed by atoms with Crippen molar-refractivity contribution in [3.63, 3.8) is 0 Å². The second kappa shape index (κ2) is 6.77. The van der Waals surface area contributed by atoms with Crippen LogP contribution in [0.1, 0.15) is 29.2 Å². The fourth-order valence-corrected chi connectivity index (χ4v) is 4.12. The van der Waals surface area contributed by atoms with Crippen LogP contribution in [-0.4, -0.2) is 68.8 Å². The maximum Gasteiger partial charge on any atom is 0.289 e. The number of furan rings is 1. The van der Waals surface area contributed by atoms with Gasteiger partial charge in [0.1, 0.15) is 10.7 Å². The summed E-state index contributed by atoms with van der Waals surface area (Å²) in [6, 6.07) is 1.15. The van der Waals surface area contributed by atoms with Gasteiger partial charge >= 0.3 is 0 Å². The topological polar surface area (TPSA) is 126 Å². The number of rotatable bonds is 3. The van der Waals surface area contributed by atoms with Crippen molar-refractivity contribution >= 4 is 21.8 Å². The van der Waals surface area contributed by atoms with E-state index in [2.05, 4.69) is 5.32 Å². The zero-order chi connectivity index (χ0) is 18.2. The fraction of sp³-hybridized carbons (Fsp3) is 0.600. The monoisotopic (exact) mass is 370 g/mol. The van der Waals surface area contributed by atoms with Crippen molar-refractivity contribution in [3.8, 4) is 0 Å². The molecule has 2 saturated heterocycles. The summed E-state index contributed by atoms with van der Waals surface area (Å²) in [7, 11) is -3.94. The van der Waals surface area contributed by atoms with E-state index in [0.29, 0.717) is 26.2 Å². The van der Waals surface area contributed by atoms with E-state index in [4.69, 9.17) is 9.56 Å². The molecule has 138 valence electrons. The number of hydrogen-bond donors (Lipinski definition) is 2. The van der Waals surface area contributed by atoms with Gasteiger partial charge in [0.15, 0.2) is 5.76 Å². The van der Waals surface area contributed by atoms with Gasteiger partial charge in [0.25, 0.3) is 5.91 Å². The second-order valence-electron chi connectivity index (χ2n) is 6.39. The van der Waals surface area contributed by atoms with Gasteiger partial charge in [0.05, 0.1) is 6.54 Å². The van der Waals surface area contributed by atoms with Gasteiger partial charge < -0.3 is 19.5 Å². The van der Waals surface area contributed by atoms with E-state index in [1.807, 2.05) is 4.90 Å². The molecule has 1 atom stereocenters. The molecule has 9 nitrogen and oxygen atoms in total. The van der Waals surface area contributed by atoms with Gasteiger partial charge in [-0.15, -0.1) is 0 Å². The van der Waals surface area contributed by atoms with E-state index in [-0.39, 0.29) is 34.3 Å². The minimum atomic E-state index is -3.94. The van der Waals surface area contributed by atoms with E-state index >= 15 is 0 Å². The number of carbonyl (C=O) groups is 2. The van der Waals surface area contributed by atoms with E-state index in [1.165, 1.54) is 13.0 Å². The number of piperidine rings is 1. The average Bonchev–Trinajstić information content (AvgIpc) is 2.97. The number of nitrogens with one attached hydrogen (secondary N) is 1. The molecule has 0 radical (unpaired) electrons. The first-order valence-electron chi connectivity index (χ1n) is 8.20. The van der Waals surface area contributed by atoms with Crippen LogP contribution in [0, 0.1) is 6.92 Å². The SMILES string of the molecule is Cc1oc(C(=O)N2CCCC(N3CCNCC3=O)C2)cc1S(N)(=O)=O. The Hall–Kier alpha value is -1.91. The molecule has 2 fully saturated rings. The zero-order valence-electron chi connectivity index (χ0n) is 14.0. The van der Waals surface area contributed by atoms with E-state index in [9.17, 15) is 18.0 Å². The summed E-state index contributed by atoms with van der Waals surface area (Å²) in [5, 5.41) is 8.15. The summed E-state index contributed by atoms with van der Waals surface area (Å²) in [6.07, 6.45) is 1.62. The minimum absolute atomic E-state index is 0.0268.